The van der Waals surface area contributed by atoms with Crippen LogP contribution in [0.2, 0.25) is 0 Å². The number of amides is 2. The summed E-state index contributed by atoms with van der Waals surface area (Å²) in [5.41, 5.74) is 0.783. The molecule has 1 aromatic rings. The topological polar surface area (TPSA) is 43.9 Å². The average Bonchev–Trinajstić information content (AvgIpc) is 3.01. The Morgan fingerprint density at radius 3 is 2.52 bits per heavy atom. The van der Waals surface area contributed by atoms with E-state index in [1.165, 1.54) is 6.42 Å². The van der Waals surface area contributed by atoms with Crippen LogP contribution in [0.5, 0.6) is 0 Å². The number of piperidine rings is 1. The molecule has 2 saturated heterocycles. The van der Waals surface area contributed by atoms with Crippen LogP contribution in [-0.4, -0.2) is 72.3 Å². The molecule has 0 bridgehead atoms. The minimum atomic E-state index is 0.119. The molecule has 3 heterocycles. The molecule has 5 nitrogen and oxygen atoms in total. The van der Waals surface area contributed by atoms with Crippen LogP contribution in [-0.2, 0) is 4.79 Å². The molecule has 0 aliphatic carbocycles. The average molecular weight is 364 g/mol. The van der Waals surface area contributed by atoms with Crippen molar-refractivity contribution in [3.8, 4) is 0 Å². The van der Waals surface area contributed by atoms with E-state index in [2.05, 4.69) is 18.7 Å². The van der Waals surface area contributed by atoms with Crippen molar-refractivity contribution in [2.45, 2.75) is 26.7 Å². The molecular weight excluding hydrogens is 334 g/mol. The van der Waals surface area contributed by atoms with E-state index in [1.54, 1.807) is 11.3 Å². The summed E-state index contributed by atoms with van der Waals surface area (Å²) in [5, 5.41) is 3.85. The third-order valence-electron chi connectivity index (χ3n) is 5.22. The van der Waals surface area contributed by atoms with Crippen LogP contribution < -0.4 is 0 Å². The van der Waals surface area contributed by atoms with Gasteiger partial charge in [-0.15, -0.1) is 0 Å². The van der Waals surface area contributed by atoms with E-state index in [-0.39, 0.29) is 11.8 Å². The molecule has 0 saturated carbocycles. The molecule has 0 spiro atoms. The second kappa shape index (κ2) is 8.32. The van der Waals surface area contributed by atoms with E-state index in [0.29, 0.717) is 24.9 Å². The molecule has 2 atom stereocenters. The standard InChI is InChI=1S/C19H29N3O2S/c1-15-10-16(2)12-22(11-15)18(23)13-20-5-3-6-21(8-7-20)19(24)17-4-9-25-14-17/h4,9,14-16H,3,5-8,10-13H2,1-2H3. The van der Waals surface area contributed by atoms with Crippen LogP contribution in [0.3, 0.4) is 0 Å². The van der Waals surface area contributed by atoms with Crippen LogP contribution in [0.15, 0.2) is 16.8 Å². The maximum atomic E-state index is 12.7. The lowest BCUT2D eigenvalue weighted by Gasteiger charge is -2.36. The van der Waals surface area contributed by atoms with Gasteiger partial charge in [-0.25, -0.2) is 0 Å². The van der Waals surface area contributed by atoms with Gasteiger partial charge in [0.2, 0.25) is 5.91 Å². The number of hydrogen-bond acceptors (Lipinski definition) is 4. The van der Waals surface area contributed by atoms with Crippen LogP contribution in [0.4, 0.5) is 0 Å². The summed E-state index contributed by atoms with van der Waals surface area (Å²) >= 11 is 1.55. The molecule has 2 amide bonds. The molecule has 1 aromatic heterocycles. The minimum Gasteiger partial charge on any atom is -0.341 e. The Balaban J connectivity index is 1.51. The zero-order chi connectivity index (χ0) is 17.8. The van der Waals surface area contributed by atoms with E-state index in [1.807, 2.05) is 26.6 Å². The summed E-state index contributed by atoms with van der Waals surface area (Å²) < 4.78 is 0. The van der Waals surface area contributed by atoms with E-state index in [0.717, 1.165) is 44.7 Å². The summed E-state index contributed by atoms with van der Waals surface area (Å²) in [4.78, 5) is 31.4. The van der Waals surface area contributed by atoms with Gasteiger partial charge in [-0.3, -0.25) is 14.5 Å². The second-order valence-electron chi connectivity index (χ2n) is 7.68. The summed E-state index contributed by atoms with van der Waals surface area (Å²) in [6.07, 6.45) is 2.14. The van der Waals surface area contributed by atoms with E-state index < -0.39 is 0 Å². The molecule has 2 aliphatic heterocycles. The van der Waals surface area contributed by atoms with Gasteiger partial charge in [0.05, 0.1) is 12.1 Å². The highest BCUT2D eigenvalue weighted by atomic mass is 32.1. The van der Waals surface area contributed by atoms with Crippen LogP contribution in [0.1, 0.15) is 37.0 Å². The Morgan fingerprint density at radius 1 is 1.08 bits per heavy atom. The Labute approximate surface area is 154 Å². The largest absolute Gasteiger partial charge is 0.341 e. The van der Waals surface area contributed by atoms with Crippen molar-refractivity contribution in [1.29, 1.82) is 0 Å². The Kier molecular flexibility index (Phi) is 6.12. The first-order chi connectivity index (χ1) is 12.0. The van der Waals surface area contributed by atoms with Crippen LogP contribution >= 0.6 is 11.3 Å². The fraction of sp³-hybridized carbons (Fsp3) is 0.684. The molecule has 6 heteroatoms. The SMILES string of the molecule is CC1CC(C)CN(C(=O)CN2CCCN(C(=O)c3ccsc3)CC2)C1. The molecule has 25 heavy (non-hydrogen) atoms. The number of nitrogens with zero attached hydrogens (tertiary/aromatic N) is 3. The molecule has 2 fully saturated rings. The quantitative estimate of drug-likeness (QED) is 0.828. The first-order valence-corrected chi connectivity index (χ1v) is 10.3. The summed E-state index contributed by atoms with van der Waals surface area (Å²) in [7, 11) is 0. The highest BCUT2D eigenvalue weighted by Gasteiger charge is 2.27. The predicted octanol–water partition coefficient (Wildman–Crippen LogP) is 2.40. The molecule has 2 aliphatic rings. The smallest absolute Gasteiger partial charge is 0.254 e. The summed E-state index contributed by atoms with van der Waals surface area (Å²) in [5.74, 6) is 1.55. The monoisotopic (exact) mass is 363 g/mol. The van der Waals surface area contributed by atoms with Crippen molar-refractivity contribution in [2.24, 2.45) is 11.8 Å². The third kappa shape index (κ3) is 4.82. The van der Waals surface area contributed by atoms with Crippen molar-refractivity contribution >= 4 is 23.2 Å². The molecule has 0 radical (unpaired) electrons. The first-order valence-electron chi connectivity index (χ1n) is 9.34. The third-order valence-corrected chi connectivity index (χ3v) is 5.91. The highest BCUT2D eigenvalue weighted by Crippen LogP contribution is 2.21. The van der Waals surface area contributed by atoms with Gasteiger partial charge in [0.1, 0.15) is 0 Å². The number of carbonyl (C=O) groups is 2. The molecule has 0 N–H and O–H groups in total. The second-order valence-corrected chi connectivity index (χ2v) is 8.46. The van der Waals surface area contributed by atoms with Gasteiger partial charge < -0.3 is 9.80 Å². The van der Waals surface area contributed by atoms with Crippen molar-refractivity contribution in [3.05, 3.63) is 22.4 Å². The number of carbonyl (C=O) groups excluding carboxylic acids is 2. The van der Waals surface area contributed by atoms with Crippen molar-refractivity contribution < 1.29 is 9.59 Å². The number of thiophene rings is 1. The number of hydrogen-bond donors (Lipinski definition) is 0. The number of likely N-dealkylation sites (tertiary alicyclic amines) is 1. The normalized spacial score (nSPS) is 25.7. The lowest BCUT2D eigenvalue weighted by atomic mass is 9.92. The van der Waals surface area contributed by atoms with Crippen molar-refractivity contribution in [3.63, 3.8) is 0 Å². The minimum absolute atomic E-state index is 0.119. The predicted molar refractivity (Wildman–Crippen MR) is 101 cm³/mol. The van der Waals surface area contributed by atoms with Gasteiger partial charge in [0.15, 0.2) is 0 Å². The number of rotatable bonds is 3. The van der Waals surface area contributed by atoms with E-state index >= 15 is 0 Å². The lowest BCUT2D eigenvalue weighted by molar-refractivity contribution is -0.135. The van der Waals surface area contributed by atoms with Gasteiger partial charge in [-0.2, -0.15) is 11.3 Å². The fourth-order valence-electron chi connectivity index (χ4n) is 4.06. The Morgan fingerprint density at radius 2 is 1.84 bits per heavy atom. The summed E-state index contributed by atoms with van der Waals surface area (Å²) in [6.45, 7) is 9.87. The van der Waals surface area contributed by atoms with Crippen LogP contribution in [0.25, 0.3) is 0 Å². The molecule has 3 rings (SSSR count). The first kappa shape index (κ1) is 18.4. The summed E-state index contributed by atoms with van der Waals surface area (Å²) in [6, 6.07) is 1.89. The van der Waals surface area contributed by atoms with Gasteiger partial charge in [0.25, 0.3) is 5.91 Å². The maximum absolute atomic E-state index is 12.7. The van der Waals surface area contributed by atoms with E-state index in [9.17, 15) is 9.59 Å². The van der Waals surface area contributed by atoms with E-state index in [4.69, 9.17) is 0 Å². The Bertz CT molecular complexity index is 579. The molecule has 0 aromatic carbocycles. The molecular formula is C19H29N3O2S. The highest BCUT2D eigenvalue weighted by molar-refractivity contribution is 7.08. The maximum Gasteiger partial charge on any atom is 0.254 e. The van der Waals surface area contributed by atoms with Crippen molar-refractivity contribution in [2.75, 3.05) is 45.8 Å². The van der Waals surface area contributed by atoms with Gasteiger partial charge in [-0.05, 0) is 36.1 Å². The van der Waals surface area contributed by atoms with Gasteiger partial charge >= 0.3 is 0 Å². The Hall–Kier alpha value is -1.40. The lowest BCUT2D eigenvalue weighted by Crippen LogP contribution is -2.47. The van der Waals surface area contributed by atoms with Crippen LogP contribution in [0, 0.1) is 11.8 Å². The zero-order valence-electron chi connectivity index (χ0n) is 15.3. The molecule has 2 unspecified atom stereocenters. The van der Waals surface area contributed by atoms with Crippen molar-refractivity contribution in [1.82, 2.24) is 14.7 Å². The van der Waals surface area contributed by atoms with Gasteiger partial charge in [0, 0.05) is 44.6 Å². The zero-order valence-corrected chi connectivity index (χ0v) is 16.1. The van der Waals surface area contributed by atoms with Gasteiger partial charge in [-0.1, -0.05) is 13.8 Å². The fourth-order valence-corrected chi connectivity index (χ4v) is 4.69. The molecule has 138 valence electrons.